The number of halogens is 2. The average molecular weight is 433 g/mol. The monoisotopic (exact) mass is 432 g/mol. The summed E-state index contributed by atoms with van der Waals surface area (Å²) >= 11 is 0. The number of rotatable bonds is 6. The second kappa shape index (κ2) is 10.1. The van der Waals surface area contributed by atoms with Gasteiger partial charge >= 0.3 is 0 Å². The third-order valence-corrected chi connectivity index (χ3v) is 5.33. The number of aryl methyl sites for hydroxylation is 1. The van der Waals surface area contributed by atoms with Crippen molar-refractivity contribution < 1.29 is 18.6 Å². The highest BCUT2D eigenvalue weighted by Crippen LogP contribution is 2.33. The van der Waals surface area contributed by atoms with E-state index in [0.29, 0.717) is 30.9 Å². The Labute approximate surface area is 182 Å². The number of imidazole rings is 1. The Morgan fingerprint density at radius 3 is 2.70 bits per heavy atom. The molecule has 2 unspecified atom stereocenters. The molecule has 0 saturated carbocycles. The van der Waals surface area contributed by atoms with E-state index in [0.717, 1.165) is 23.5 Å². The average Bonchev–Trinajstić information content (AvgIpc) is 3.19. The maximum absolute atomic E-state index is 14.4. The van der Waals surface area contributed by atoms with E-state index in [1.54, 1.807) is 25.4 Å². The molecule has 0 radical (unpaired) electrons. The molecule has 1 saturated heterocycles. The van der Waals surface area contributed by atoms with Crippen molar-refractivity contribution in [3.05, 3.63) is 77.6 Å². The second-order valence-corrected chi connectivity index (χ2v) is 7.22. The van der Waals surface area contributed by atoms with Crippen molar-refractivity contribution in [3.8, 4) is 11.4 Å². The molecule has 1 aromatic heterocycles. The lowest BCUT2D eigenvalue weighted by molar-refractivity contribution is -0.0611. The molecular formula is C23H26ClFN2O3. The van der Waals surface area contributed by atoms with Crippen LogP contribution in [-0.4, -0.2) is 29.4 Å². The summed E-state index contributed by atoms with van der Waals surface area (Å²) in [6, 6.07) is 12.9. The van der Waals surface area contributed by atoms with Gasteiger partial charge in [-0.25, -0.2) is 9.37 Å². The summed E-state index contributed by atoms with van der Waals surface area (Å²) in [7, 11) is 1.68. The van der Waals surface area contributed by atoms with Gasteiger partial charge in [0.25, 0.3) is 0 Å². The van der Waals surface area contributed by atoms with E-state index in [1.807, 2.05) is 42.0 Å². The molecule has 1 fully saturated rings. The molecule has 1 aliphatic heterocycles. The standard InChI is InChI=1S/C23H25FN2O3.ClH/c1-16-25-10-11-26(16)18-5-3-17(4-6-18)15-29-20-7-8-22(24)21(13-20)23-14-19(27-2)9-12-28-23;/h3-8,10-11,13,19,23H,9,12,14-15H2,1-2H3;1H. The van der Waals surface area contributed by atoms with Gasteiger partial charge in [0.15, 0.2) is 0 Å². The highest BCUT2D eigenvalue weighted by molar-refractivity contribution is 5.85. The maximum Gasteiger partial charge on any atom is 0.129 e. The summed E-state index contributed by atoms with van der Waals surface area (Å²) < 4.78 is 33.5. The van der Waals surface area contributed by atoms with E-state index in [-0.39, 0.29) is 30.4 Å². The van der Waals surface area contributed by atoms with Crippen LogP contribution in [0, 0.1) is 12.7 Å². The predicted octanol–water partition coefficient (Wildman–Crippen LogP) is 5.19. The first-order valence-corrected chi connectivity index (χ1v) is 9.80. The molecule has 3 aromatic rings. The first-order valence-electron chi connectivity index (χ1n) is 9.80. The molecule has 1 aliphatic rings. The smallest absolute Gasteiger partial charge is 0.129 e. The van der Waals surface area contributed by atoms with Gasteiger partial charge in [0.05, 0.1) is 12.2 Å². The van der Waals surface area contributed by atoms with Crippen molar-refractivity contribution >= 4 is 12.4 Å². The Morgan fingerprint density at radius 2 is 2.00 bits per heavy atom. The zero-order valence-electron chi connectivity index (χ0n) is 17.1. The zero-order chi connectivity index (χ0) is 20.2. The molecule has 0 N–H and O–H groups in total. The van der Waals surface area contributed by atoms with Crippen LogP contribution in [0.5, 0.6) is 5.75 Å². The van der Waals surface area contributed by atoms with E-state index >= 15 is 0 Å². The summed E-state index contributed by atoms with van der Waals surface area (Å²) in [5.74, 6) is 1.28. The SMILES string of the molecule is COC1CCOC(c2cc(OCc3ccc(-n4ccnc4C)cc3)ccc2F)C1.Cl. The molecule has 2 atom stereocenters. The van der Waals surface area contributed by atoms with Gasteiger partial charge in [0.1, 0.15) is 24.0 Å². The fourth-order valence-corrected chi connectivity index (χ4v) is 3.63. The van der Waals surface area contributed by atoms with Crippen LogP contribution in [0.3, 0.4) is 0 Å². The van der Waals surface area contributed by atoms with Gasteiger partial charge in [0.2, 0.25) is 0 Å². The van der Waals surface area contributed by atoms with Gasteiger partial charge in [-0.1, -0.05) is 12.1 Å². The van der Waals surface area contributed by atoms with Crippen LogP contribution < -0.4 is 4.74 Å². The van der Waals surface area contributed by atoms with Crippen LogP contribution in [0.15, 0.2) is 54.9 Å². The minimum atomic E-state index is -0.310. The predicted molar refractivity (Wildman–Crippen MR) is 115 cm³/mol. The van der Waals surface area contributed by atoms with E-state index in [2.05, 4.69) is 4.98 Å². The summed E-state index contributed by atoms with van der Waals surface area (Å²) in [5.41, 5.74) is 2.61. The first kappa shape index (κ1) is 22.3. The van der Waals surface area contributed by atoms with Gasteiger partial charge in [-0.2, -0.15) is 0 Å². The molecule has 0 bridgehead atoms. The van der Waals surface area contributed by atoms with Crippen LogP contribution >= 0.6 is 12.4 Å². The number of ether oxygens (including phenoxy) is 3. The Hall–Kier alpha value is -2.41. The van der Waals surface area contributed by atoms with Crippen molar-refractivity contribution in [1.29, 1.82) is 0 Å². The van der Waals surface area contributed by atoms with Crippen molar-refractivity contribution in [1.82, 2.24) is 9.55 Å². The van der Waals surface area contributed by atoms with E-state index in [4.69, 9.17) is 14.2 Å². The quantitative estimate of drug-likeness (QED) is 0.538. The third kappa shape index (κ3) is 5.01. The van der Waals surface area contributed by atoms with Crippen molar-refractivity contribution in [2.24, 2.45) is 0 Å². The normalized spacial score (nSPS) is 18.6. The van der Waals surface area contributed by atoms with Crippen LogP contribution in [-0.2, 0) is 16.1 Å². The van der Waals surface area contributed by atoms with Crippen LogP contribution in [0.4, 0.5) is 4.39 Å². The highest BCUT2D eigenvalue weighted by Gasteiger charge is 2.26. The fourth-order valence-electron chi connectivity index (χ4n) is 3.63. The molecule has 0 aliphatic carbocycles. The first-order chi connectivity index (χ1) is 14.1. The molecule has 0 spiro atoms. The third-order valence-electron chi connectivity index (χ3n) is 5.33. The highest BCUT2D eigenvalue weighted by atomic mass is 35.5. The molecule has 160 valence electrons. The lowest BCUT2D eigenvalue weighted by Gasteiger charge is -2.29. The Kier molecular flexibility index (Phi) is 7.48. The van der Waals surface area contributed by atoms with E-state index in [1.165, 1.54) is 6.07 Å². The molecule has 0 amide bonds. The van der Waals surface area contributed by atoms with Gasteiger partial charge in [0, 0.05) is 43.8 Å². The van der Waals surface area contributed by atoms with Crippen molar-refractivity contribution in [3.63, 3.8) is 0 Å². The zero-order valence-corrected chi connectivity index (χ0v) is 17.9. The van der Waals surface area contributed by atoms with Crippen LogP contribution in [0.2, 0.25) is 0 Å². The van der Waals surface area contributed by atoms with Gasteiger partial charge in [-0.15, -0.1) is 12.4 Å². The fraction of sp³-hybridized carbons (Fsp3) is 0.348. The Balaban J connectivity index is 0.00000256. The summed E-state index contributed by atoms with van der Waals surface area (Å²) in [5, 5.41) is 0. The number of benzene rings is 2. The topological polar surface area (TPSA) is 45.5 Å². The van der Waals surface area contributed by atoms with Gasteiger partial charge in [-0.3, -0.25) is 0 Å². The Morgan fingerprint density at radius 1 is 1.20 bits per heavy atom. The minimum Gasteiger partial charge on any atom is -0.489 e. The van der Waals surface area contributed by atoms with E-state index < -0.39 is 0 Å². The van der Waals surface area contributed by atoms with E-state index in [9.17, 15) is 4.39 Å². The molecule has 5 nitrogen and oxygen atoms in total. The van der Waals surface area contributed by atoms with Gasteiger partial charge in [-0.05, 0) is 49.2 Å². The number of hydrogen-bond acceptors (Lipinski definition) is 4. The molecule has 30 heavy (non-hydrogen) atoms. The van der Waals surface area contributed by atoms with Gasteiger partial charge < -0.3 is 18.8 Å². The minimum absolute atomic E-state index is 0. The number of aromatic nitrogens is 2. The van der Waals surface area contributed by atoms with Crippen LogP contribution in [0.25, 0.3) is 5.69 Å². The van der Waals surface area contributed by atoms with Crippen LogP contribution in [0.1, 0.15) is 35.9 Å². The number of hydrogen-bond donors (Lipinski definition) is 0. The molecular weight excluding hydrogens is 407 g/mol. The molecule has 4 rings (SSSR count). The number of methoxy groups -OCH3 is 1. The summed E-state index contributed by atoms with van der Waals surface area (Å²) in [6.07, 6.45) is 4.97. The maximum atomic E-state index is 14.4. The Bertz CT molecular complexity index is 961. The summed E-state index contributed by atoms with van der Waals surface area (Å²) in [4.78, 5) is 4.24. The summed E-state index contributed by atoms with van der Waals surface area (Å²) in [6.45, 7) is 2.94. The van der Waals surface area contributed by atoms with Crippen molar-refractivity contribution in [2.75, 3.05) is 13.7 Å². The molecule has 7 heteroatoms. The second-order valence-electron chi connectivity index (χ2n) is 7.22. The largest absolute Gasteiger partial charge is 0.489 e. The lowest BCUT2D eigenvalue weighted by atomic mass is 9.98. The van der Waals surface area contributed by atoms with Crippen molar-refractivity contribution in [2.45, 2.75) is 38.6 Å². The lowest BCUT2D eigenvalue weighted by Crippen LogP contribution is -2.25. The molecule has 2 aromatic carbocycles. The molecule has 2 heterocycles. The number of nitrogens with zero attached hydrogens (tertiary/aromatic N) is 2.